The fraction of sp³-hybridized carbons (Fsp3) is 0.400. The van der Waals surface area contributed by atoms with Crippen LogP contribution in [-0.4, -0.2) is 25.8 Å². The lowest BCUT2D eigenvalue weighted by Gasteiger charge is -2.46. The highest BCUT2D eigenvalue weighted by molar-refractivity contribution is 8.01. The number of esters is 1. The van der Waals surface area contributed by atoms with E-state index in [0.29, 0.717) is 24.8 Å². The second-order valence-corrected chi connectivity index (χ2v) is 17.7. The van der Waals surface area contributed by atoms with Gasteiger partial charge < -0.3 is 4.74 Å². The van der Waals surface area contributed by atoms with Crippen LogP contribution in [0.4, 0.5) is 0 Å². The summed E-state index contributed by atoms with van der Waals surface area (Å²) in [5.74, 6) is -0.318. The van der Waals surface area contributed by atoms with E-state index in [9.17, 15) is 4.79 Å². The van der Waals surface area contributed by atoms with Crippen molar-refractivity contribution in [2.75, 3.05) is 0 Å². The van der Waals surface area contributed by atoms with Crippen LogP contribution in [0.2, 0.25) is 0 Å². The maximum Gasteiger partial charge on any atom is 0.333 e. The van der Waals surface area contributed by atoms with Crippen LogP contribution in [0.15, 0.2) is 118 Å². The van der Waals surface area contributed by atoms with Crippen molar-refractivity contribution in [3.8, 4) is 0 Å². The molecule has 0 saturated heterocycles. The predicted molar refractivity (Wildman–Crippen MR) is 177 cm³/mol. The van der Waals surface area contributed by atoms with Gasteiger partial charge in [0.25, 0.3) is 0 Å². The summed E-state index contributed by atoms with van der Waals surface area (Å²) in [6.07, 6.45) is 2.11. The van der Waals surface area contributed by atoms with Gasteiger partial charge in [-0.05, 0) is 43.3 Å². The molecule has 0 N–H and O–H groups in total. The standard InChI is InChI=1S/C35H44O2S3/c1-27(2)31(36)37-35(24-32(3,4)38-28-18-12-9-13-19-28,25-33(5,6)39-29-20-14-10-15-21-29)26-34(7,8)40-30-22-16-11-17-23-30/h9-23H,1,24-26H2,2-8H3. The van der Waals surface area contributed by atoms with E-state index < -0.39 is 5.60 Å². The SMILES string of the molecule is C=C(C)C(=O)OC(CC(C)(C)Sc1ccccc1)(CC(C)(C)Sc1ccccc1)CC(C)(C)Sc1ccccc1. The normalized spacial score (nSPS) is 12.7. The van der Waals surface area contributed by atoms with E-state index in [1.54, 1.807) is 6.92 Å². The number of thioether (sulfide) groups is 3. The summed E-state index contributed by atoms with van der Waals surface area (Å²) in [7, 11) is 0. The molecule has 0 saturated carbocycles. The molecule has 0 unspecified atom stereocenters. The molecule has 0 spiro atoms. The number of carbonyl (C=O) groups excluding carboxylic acids is 1. The maximum atomic E-state index is 13.3. The van der Waals surface area contributed by atoms with Crippen molar-refractivity contribution in [3.05, 3.63) is 103 Å². The topological polar surface area (TPSA) is 26.3 Å². The Hall–Kier alpha value is -2.08. The molecule has 0 fully saturated rings. The van der Waals surface area contributed by atoms with Gasteiger partial charge in [0.05, 0.1) is 0 Å². The summed E-state index contributed by atoms with van der Waals surface area (Å²) in [6.45, 7) is 19.3. The van der Waals surface area contributed by atoms with Crippen molar-refractivity contribution >= 4 is 41.3 Å². The van der Waals surface area contributed by atoms with Crippen LogP contribution >= 0.6 is 35.3 Å². The molecule has 0 aliphatic carbocycles. The Balaban J connectivity index is 2.04. The Morgan fingerprint density at radius 2 is 0.875 bits per heavy atom. The van der Waals surface area contributed by atoms with Crippen molar-refractivity contribution < 1.29 is 9.53 Å². The fourth-order valence-corrected chi connectivity index (χ4v) is 9.24. The Kier molecular flexibility index (Phi) is 11.1. The van der Waals surface area contributed by atoms with Gasteiger partial charge in [-0.15, -0.1) is 35.3 Å². The Morgan fingerprint density at radius 3 is 1.12 bits per heavy atom. The third kappa shape index (κ3) is 10.7. The second kappa shape index (κ2) is 13.7. The lowest BCUT2D eigenvalue weighted by Crippen LogP contribution is -2.48. The van der Waals surface area contributed by atoms with E-state index in [4.69, 9.17) is 4.74 Å². The quantitative estimate of drug-likeness (QED) is 0.105. The molecule has 0 amide bonds. The van der Waals surface area contributed by atoms with Gasteiger partial charge in [0.15, 0.2) is 0 Å². The van der Waals surface area contributed by atoms with Crippen LogP contribution in [0.1, 0.15) is 67.7 Å². The number of hydrogen-bond donors (Lipinski definition) is 0. The number of rotatable bonds is 14. The van der Waals surface area contributed by atoms with Gasteiger partial charge in [0, 0.05) is 53.8 Å². The molecule has 0 aromatic heterocycles. The number of hydrogen-bond acceptors (Lipinski definition) is 5. The van der Waals surface area contributed by atoms with Crippen LogP contribution < -0.4 is 0 Å². The minimum Gasteiger partial charge on any atom is -0.456 e. The van der Waals surface area contributed by atoms with Crippen molar-refractivity contribution in [2.24, 2.45) is 0 Å². The molecule has 214 valence electrons. The van der Waals surface area contributed by atoms with Gasteiger partial charge in [-0.1, -0.05) is 103 Å². The molecule has 5 heteroatoms. The zero-order valence-electron chi connectivity index (χ0n) is 25.0. The summed E-state index contributed by atoms with van der Waals surface area (Å²) in [4.78, 5) is 17.0. The average Bonchev–Trinajstić information content (AvgIpc) is 2.83. The molecule has 40 heavy (non-hydrogen) atoms. The molecule has 3 aromatic rings. The largest absolute Gasteiger partial charge is 0.456 e. The lowest BCUT2D eigenvalue weighted by atomic mass is 9.78. The van der Waals surface area contributed by atoms with E-state index in [0.717, 1.165) is 0 Å². The van der Waals surface area contributed by atoms with Gasteiger partial charge >= 0.3 is 5.97 Å². The minimum atomic E-state index is -0.724. The monoisotopic (exact) mass is 592 g/mol. The molecule has 0 atom stereocenters. The summed E-state index contributed by atoms with van der Waals surface area (Å²) in [6, 6.07) is 31.5. The molecule has 0 aliphatic heterocycles. The summed E-state index contributed by atoms with van der Waals surface area (Å²) < 4.78 is 6.05. The minimum absolute atomic E-state index is 0.197. The van der Waals surface area contributed by atoms with Gasteiger partial charge in [-0.25, -0.2) is 4.79 Å². The zero-order chi connectivity index (χ0) is 29.4. The van der Waals surface area contributed by atoms with Gasteiger partial charge in [-0.2, -0.15) is 0 Å². The van der Waals surface area contributed by atoms with Gasteiger partial charge in [-0.3, -0.25) is 0 Å². The highest BCUT2D eigenvalue weighted by atomic mass is 32.2. The number of carbonyl (C=O) groups is 1. The van der Waals surface area contributed by atoms with Crippen LogP contribution in [0.25, 0.3) is 0 Å². The molecule has 0 radical (unpaired) electrons. The predicted octanol–water partition coefficient (Wildman–Crippen LogP) is 10.7. The Bertz CT molecular complexity index is 1100. The Labute approximate surface area is 255 Å². The van der Waals surface area contributed by atoms with Crippen LogP contribution in [0, 0.1) is 0 Å². The van der Waals surface area contributed by atoms with Gasteiger partial charge in [0.1, 0.15) is 5.60 Å². The second-order valence-electron chi connectivity index (χ2n) is 12.4. The van der Waals surface area contributed by atoms with E-state index in [-0.39, 0.29) is 20.2 Å². The zero-order valence-corrected chi connectivity index (χ0v) is 27.5. The average molecular weight is 593 g/mol. The third-order valence-corrected chi connectivity index (χ3v) is 9.93. The van der Waals surface area contributed by atoms with Crippen LogP contribution in [0.5, 0.6) is 0 Å². The molecular weight excluding hydrogens is 549 g/mol. The van der Waals surface area contributed by atoms with Gasteiger partial charge in [0.2, 0.25) is 0 Å². The lowest BCUT2D eigenvalue weighted by molar-refractivity contribution is -0.159. The molecule has 3 aromatic carbocycles. The van der Waals surface area contributed by atoms with Crippen LogP contribution in [-0.2, 0) is 9.53 Å². The Morgan fingerprint density at radius 1 is 0.600 bits per heavy atom. The summed E-state index contributed by atoms with van der Waals surface area (Å²) >= 11 is 5.52. The number of benzene rings is 3. The first-order valence-electron chi connectivity index (χ1n) is 13.8. The molecule has 2 nitrogen and oxygen atoms in total. The highest BCUT2D eigenvalue weighted by Gasteiger charge is 2.48. The number of ether oxygens (including phenoxy) is 1. The first kappa shape index (κ1) is 32.4. The van der Waals surface area contributed by atoms with E-state index in [2.05, 4.69) is 121 Å². The summed E-state index contributed by atoms with van der Waals surface area (Å²) in [5, 5.41) is 0. The molecule has 0 aliphatic rings. The van der Waals surface area contributed by atoms with E-state index >= 15 is 0 Å². The molecule has 0 bridgehead atoms. The third-order valence-electron chi connectivity index (χ3n) is 6.31. The maximum absolute atomic E-state index is 13.3. The van der Waals surface area contributed by atoms with E-state index in [1.165, 1.54) is 14.7 Å². The van der Waals surface area contributed by atoms with E-state index in [1.807, 2.05) is 53.5 Å². The first-order valence-corrected chi connectivity index (χ1v) is 16.2. The van der Waals surface area contributed by atoms with Crippen molar-refractivity contribution in [1.29, 1.82) is 0 Å². The summed E-state index contributed by atoms with van der Waals surface area (Å²) in [5.41, 5.74) is -0.294. The van der Waals surface area contributed by atoms with Crippen LogP contribution in [0.3, 0.4) is 0 Å². The smallest absolute Gasteiger partial charge is 0.333 e. The highest BCUT2D eigenvalue weighted by Crippen LogP contribution is 2.51. The van der Waals surface area contributed by atoms with Crippen molar-refractivity contribution in [2.45, 2.75) is 102 Å². The fourth-order valence-electron chi connectivity index (χ4n) is 5.44. The molecular formula is C35H44O2S3. The molecule has 3 rings (SSSR count). The first-order chi connectivity index (χ1) is 18.7. The van der Waals surface area contributed by atoms with Crippen molar-refractivity contribution in [3.63, 3.8) is 0 Å². The molecule has 0 heterocycles. The van der Waals surface area contributed by atoms with Crippen molar-refractivity contribution in [1.82, 2.24) is 0 Å².